The minimum atomic E-state index is 0.451. The number of aromatic nitrogens is 3. The maximum atomic E-state index is 4.25. The zero-order valence-electron chi connectivity index (χ0n) is 15.2. The van der Waals surface area contributed by atoms with E-state index in [1.807, 2.05) is 10.9 Å². The highest BCUT2D eigenvalue weighted by molar-refractivity contribution is 5.33. The molecule has 0 aliphatic rings. The molecule has 2 aromatic rings. The van der Waals surface area contributed by atoms with Crippen molar-refractivity contribution in [2.24, 2.45) is 5.41 Å². The van der Waals surface area contributed by atoms with Crippen molar-refractivity contribution in [2.75, 3.05) is 0 Å². The zero-order chi connectivity index (χ0) is 16.7. The van der Waals surface area contributed by atoms with Crippen molar-refractivity contribution in [3.63, 3.8) is 0 Å². The number of hydrogen-bond acceptors (Lipinski definition) is 2. The van der Waals surface area contributed by atoms with E-state index < -0.39 is 0 Å². The number of benzene rings is 1. The van der Waals surface area contributed by atoms with E-state index in [1.165, 1.54) is 37.7 Å². The highest BCUT2D eigenvalue weighted by atomic mass is 15.4. The molecule has 3 nitrogen and oxygen atoms in total. The van der Waals surface area contributed by atoms with Gasteiger partial charge in [-0.3, -0.25) is 0 Å². The van der Waals surface area contributed by atoms with E-state index >= 15 is 0 Å². The number of hydrogen-bond donors (Lipinski definition) is 0. The van der Waals surface area contributed by atoms with Gasteiger partial charge in [0.25, 0.3) is 0 Å². The lowest BCUT2D eigenvalue weighted by atomic mass is 9.89. The fraction of sp³-hybridized carbons (Fsp3) is 0.600. The molecule has 0 aliphatic carbocycles. The van der Waals surface area contributed by atoms with Crippen molar-refractivity contribution in [1.29, 1.82) is 0 Å². The van der Waals surface area contributed by atoms with Gasteiger partial charge in [-0.05, 0) is 55.2 Å². The fourth-order valence-corrected chi connectivity index (χ4v) is 2.70. The van der Waals surface area contributed by atoms with Crippen molar-refractivity contribution in [3.05, 3.63) is 41.7 Å². The Morgan fingerprint density at radius 2 is 1.70 bits per heavy atom. The van der Waals surface area contributed by atoms with E-state index in [0.29, 0.717) is 5.41 Å². The molecular formula is C20H31N3. The molecule has 1 aromatic carbocycles. The Bertz CT molecular complexity index is 576. The Hall–Kier alpha value is -1.64. The molecule has 0 amide bonds. The highest BCUT2D eigenvalue weighted by Crippen LogP contribution is 2.22. The Morgan fingerprint density at radius 3 is 2.35 bits per heavy atom. The van der Waals surface area contributed by atoms with Gasteiger partial charge in [0, 0.05) is 0 Å². The predicted octanol–water partition coefficient (Wildman–Crippen LogP) is 5.37. The molecule has 0 fully saturated rings. The number of aryl methyl sites for hydroxylation is 2. The Kier molecular flexibility index (Phi) is 6.37. The first-order chi connectivity index (χ1) is 11.0. The zero-order valence-corrected chi connectivity index (χ0v) is 15.2. The molecule has 126 valence electrons. The summed E-state index contributed by atoms with van der Waals surface area (Å²) in [5.41, 5.74) is 4.04. The summed E-state index contributed by atoms with van der Waals surface area (Å²) < 4.78 is 1.88. The van der Waals surface area contributed by atoms with E-state index in [0.717, 1.165) is 24.2 Å². The summed E-state index contributed by atoms with van der Waals surface area (Å²) in [5, 5.41) is 8.49. The minimum absolute atomic E-state index is 0.451. The van der Waals surface area contributed by atoms with Crippen molar-refractivity contribution in [2.45, 2.75) is 72.6 Å². The molecule has 0 atom stereocenters. The Balaban J connectivity index is 1.85. The predicted molar refractivity (Wildman–Crippen MR) is 97.0 cm³/mol. The van der Waals surface area contributed by atoms with Gasteiger partial charge >= 0.3 is 0 Å². The van der Waals surface area contributed by atoms with Gasteiger partial charge in [-0.25, -0.2) is 4.68 Å². The molecule has 0 saturated carbocycles. The second-order valence-electron chi connectivity index (χ2n) is 7.69. The molecule has 1 heterocycles. The van der Waals surface area contributed by atoms with Crippen LogP contribution in [-0.2, 0) is 12.8 Å². The maximum absolute atomic E-state index is 4.25. The SMILES string of the molecule is CCCCc1cn(-c2ccc(CCCCC(C)(C)C)cc2)nn1. The van der Waals surface area contributed by atoms with E-state index in [2.05, 4.69) is 62.3 Å². The summed E-state index contributed by atoms with van der Waals surface area (Å²) in [7, 11) is 0. The van der Waals surface area contributed by atoms with Crippen LogP contribution in [0.15, 0.2) is 30.5 Å². The lowest BCUT2D eigenvalue weighted by Gasteiger charge is -2.17. The minimum Gasteiger partial charge on any atom is -0.220 e. The van der Waals surface area contributed by atoms with Gasteiger partial charge in [0.1, 0.15) is 0 Å². The third kappa shape index (κ3) is 6.17. The number of rotatable bonds is 8. The first-order valence-electron chi connectivity index (χ1n) is 8.98. The van der Waals surface area contributed by atoms with Crippen LogP contribution in [0.4, 0.5) is 0 Å². The van der Waals surface area contributed by atoms with Gasteiger partial charge in [-0.2, -0.15) is 0 Å². The molecule has 0 radical (unpaired) electrons. The largest absolute Gasteiger partial charge is 0.220 e. The molecule has 0 aliphatic heterocycles. The molecule has 0 unspecified atom stereocenters. The van der Waals surface area contributed by atoms with Gasteiger partial charge < -0.3 is 0 Å². The maximum Gasteiger partial charge on any atom is 0.0831 e. The molecule has 0 saturated heterocycles. The van der Waals surface area contributed by atoms with Crippen LogP contribution < -0.4 is 0 Å². The smallest absolute Gasteiger partial charge is 0.0831 e. The second-order valence-corrected chi connectivity index (χ2v) is 7.69. The molecule has 23 heavy (non-hydrogen) atoms. The van der Waals surface area contributed by atoms with E-state index in [4.69, 9.17) is 0 Å². The van der Waals surface area contributed by atoms with Crippen molar-refractivity contribution in [3.8, 4) is 5.69 Å². The molecule has 2 rings (SSSR count). The molecule has 0 bridgehead atoms. The summed E-state index contributed by atoms with van der Waals surface area (Å²) in [6.45, 7) is 9.14. The van der Waals surface area contributed by atoms with Gasteiger partial charge in [-0.15, -0.1) is 5.10 Å². The molecular weight excluding hydrogens is 282 g/mol. The quantitative estimate of drug-likeness (QED) is 0.613. The Morgan fingerprint density at radius 1 is 0.957 bits per heavy atom. The average molecular weight is 313 g/mol. The summed E-state index contributed by atoms with van der Waals surface area (Å²) in [6, 6.07) is 8.74. The van der Waals surface area contributed by atoms with Crippen molar-refractivity contribution < 1.29 is 0 Å². The van der Waals surface area contributed by atoms with Gasteiger partial charge in [0.2, 0.25) is 0 Å². The average Bonchev–Trinajstić information content (AvgIpc) is 2.98. The van der Waals surface area contributed by atoms with Crippen LogP contribution in [0.3, 0.4) is 0 Å². The second kappa shape index (κ2) is 8.28. The first-order valence-corrected chi connectivity index (χ1v) is 8.98. The van der Waals surface area contributed by atoms with Crippen LogP contribution in [0.5, 0.6) is 0 Å². The van der Waals surface area contributed by atoms with Gasteiger partial charge in [0.15, 0.2) is 0 Å². The molecule has 0 N–H and O–H groups in total. The van der Waals surface area contributed by atoms with Crippen LogP contribution in [-0.4, -0.2) is 15.0 Å². The van der Waals surface area contributed by atoms with Crippen molar-refractivity contribution in [1.82, 2.24) is 15.0 Å². The standard InChI is InChI=1S/C20H31N3/c1-5-6-10-18-16-23(22-21-18)19-13-11-17(12-14-19)9-7-8-15-20(2,3)4/h11-14,16H,5-10,15H2,1-4H3. The molecule has 3 heteroatoms. The fourth-order valence-electron chi connectivity index (χ4n) is 2.70. The van der Waals surface area contributed by atoms with E-state index in [-0.39, 0.29) is 0 Å². The summed E-state index contributed by atoms with van der Waals surface area (Å²) in [6.07, 6.45) is 10.5. The third-order valence-corrected chi connectivity index (χ3v) is 4.17. The number of unbranched alkanes of at least 4 members (excludes halogenated alkanes) is 2. The van der Waals surface area contributed by atoms with Crippen molar-refractivity contribution >= 4 is 0 Å². The topological polar surface area (TPSA) is 30.7 Å². The lowest BCUT2D eigenvalue weighted by molar-refractivity contribution is 0.360. The van der Waals surface area contributed by atoms with Crippen LogP contribution in [0.25, 0.3) is 5.69 Å². The van der Waals surface area contributed by atoms with Crippen LogP contribution >= 0.6 is 0 Å². The highest BCUT2D eigenvalue weighted by Gasteiger charge is 2.09. The number of nitrogens with zero attached hydrogens (tertiary/aromatic N) is 3. The van der Waals surface area contributed by atoms with E-state index in [9.17, 15) is 0 Å². The Labute approximate surface area is 141 Å². The molecule has 0 spiro atoms. The third-order valence-electron chi connectivity index (χ3n) is 4.17. The normalized spacial score (nSPS) is 11.8. The summed E-state index contributed by atoms with van der Waals surface area (Å²) >= 11 is 0. The van der Waals surface area contributed by atoms with Gasteiger partial charge in [0.05, 0.1) is 17.6 Å². The van der Waals surface area contributed by atoms with Crippen LogP contribution in [0, 0.1) is 5.41 Å². The lowest BCUT2D eigenvalue weighted by Crippen LogP contribution is -2.04. The molecule has 1 aromatic heterocycles. The summed E-state index contributed by atoms with van der Waals surface area (Å²) in [5.74, 6) is 0. The first kappa shape index (κ1) is 17.7. The van der Waals surface area contributed by atoms with E-state index in [1.54, 1.807) is 0 Å². The van der Waals surface area contributed by atoms with Crippen LogP contribution in [0.1, 0.15) is 71.1 Å². The summed E-state index contributed by atoms with van der Waals surface area (Å²) in [4.78, 5) is 0. The van der Waals surface area contributed by atoms with Gasteiger partial charge in [-0.1, -0.05) is 57.9 Å². The monoisotopic (exact) mass is 313 g/mol. The van der Waals surface area contributed by atoms with Crippen LogP contribution in [0.2, 0.25) is 0 Å².